The molecule has 4 atom stereocenters. The molecule has 2 N–H and O–H groups in total. The van der Waals surface area contributed by atoms with Gasteiger partial charge in [-0.3, -0.25) is 0 Å². The van der Waals surface area contributed by atoms with Gasteiger partial charge in [0, 0.05) is 12.1 Å². The maximum Gasteiger partial charge on any atom is 0.115 e. The average Bonchev–Trinajstić information content (AvgIpc) is 2.39. The molecule has 1 aromatic carbocycles. The van der Waals surface area contributed by atoms with Gasteiger partial charge in [-0.2, -0.15) is 0 Å². The molecule has 106 valence electrons. The van der Waals surface area contributed by atoms with Gasteiger partial charge in [-0.25, -0.2) is 0 Å². The van der Waals surface area contributed by atoms with Crippen LogP contribution in [0.4, 0.5) is 0 Å². The van der Waals surface area contributed by atoms with Gasteiger partial charge >= 0.3 is 0 Å². The molecule has 0 heterocycles. The van der Waals surface area contributed by atoms with Crippen LogP contribution < -0.4 is 5.32 Å². The lowest BCUT2D eigenvalue weighted by molar-refractivity contribution is 0.212. The molecular formula is C17H27NO. The van der Waals surface area contributed by atoms with Crippen LogP contribution in [-0.2, 0) is 0 Å². The monoisotopic (exact) mass is 261 g/mol. The largest absolute Gasteiger partial charge is 0.508 e. The Morgan fingerprint density at radius 1 is 1.21 bits per heavy atom. The first-order chi connectivity index (χ1) is 9.10. The van der Waals surface area contributed by atoms with Gasteiger partial charge in [0.25, 0.3) is 0 Å². The lowest BCUT2D eigenvalue weighted by Gasteiger charge is -2.36. The van der Waals surface area contributed by atoms with E-state index in [-0.39, 0.29) is 0 Å². The van der Waals surface area contributed by atoms with Crippen molar-refractivity contribution in [3.05, 3.63) is 29.8 Å². The van der Waals surface area contributed by atoms with Gasteiger partial charge in [0.15, 0.2) is 0 Å². The molecule has 2 heteroatoms. The van der Waals surface area contributed by atoms with Gasteiger partial charge in [-0.15, -0.1) is 0 Å². The topological polar surface area (TPSA) is 32.3 Å². The zero-order valence-electron chi connectivity index (χ0n) is 12.4. The van der Waals surface area contributed by atoms with Gasteiger partial charge in [0.05, 0.1) is 0 Å². The van der Waals surface area contributed by atoms with Gasteiger partial charge in [-0.1, -0.05) is 32.9 Å². The quantitative estimate of drug-likeness (QED) is 0.849. The van der Waals surface area contributed by atoms with Gasteiger partial charge < -0.3 is 10.4 Å². The number of phenolic OH excluding ortho intramolecular Hbond substituents is 1. The Balaban J connectivity index is 2.01. The van der Waals surface area contributed by atoms with Crippen molar-refractivity contribution in [2.45, 2.75) is 58.5 Å². The third-order valence-electron chi connectivity index (χ3n) is 4.55. The molecular weight excluding hydrogens is 234 g/mol. The molecule has 19 heavy (non-hydrogen) atoms. The lowest BCUT2D eigenvalue weighted by Crippen LogP contribution is -2.40. The highest BCUT2D eigenvalue weighted by Gasteiger charge is 2.26. The van der Waals surface area contributed by atoms with E-state index in [0.717, 1.165) is 18.3 Å². The van der Waals surface area contributed by atoms with E-state index in [1.807, 2.05) is 12.1 Å². The molecule has 0 aliphatic heterocycles. The molecule has 0 spiro atoms. The number of benzene rings is 1. The van der Waals surface area contributed by atoms with E-state index in [4.69, 9.17) is 0 Å². The Bertz CT molecular complexity index is 387. The van der Waals surface area contributed by atoms with E-state index in [2.05, 4.69) is 26.1 Å². The van der Waals surface area contributed by atoms with Crippen molar-refractivity contribution in [1.82, 2.24) is 5.32 Å². The van der Waals surface area contributed by atoms with E-state index in [1.165, 1.54) is 24.8 Å². The summed E-state index contributed by atoms with van der Waals surface area (Å²) in [6.07, 6.45) is 5.05. The van der Waals surface area contributed by atoms with Crippen LogP contribution in [0.25, 0.3) is 0 Å². The number of aromatic hydroxyl groups is 1. The fraction of sp³-hybridized carbons (Fsp3) is 0.647. The number of hydrogen-bond acceptors (Lipinski definition) is 2. The van der Waals surface area contributed by atoms with Crippen LogP contribution in [0.3, 0.4) is 0 Å². The predicted molar refractivity (Wildman–Crippen MR) is 80.2 cm³/mol. The van der Waals surface area contributed by atoms with E-state index in [9.17, 15) is 5.11 Å². The highest BCUT2D eigenvalue weighted by Crippen LogP contribution is 2.31. The Hall–Kier alpha value is -1.02. The summed E-state index contributed by atoms with van der Waals surface area (Å²) in [6.45, 7) is 6.96. The average molecular weight is 261 g/mol. The third kappa shape index (κ3) is 3.73. The summed E-state index contributed by atoms with van der Waals surface area (Å²) in [5.74, 6) is 1.98. The predicted octanol–water partition coefficient (Wildman–Crippen LogP) is 4.26. The summed E-state index contributed by atoms with van der Waals surface area (Å²) in [5.41, 5.74) is 1.28. The fourth-order valence-corrected chi connectivity index (χ4v) is 3.33. The van der Waals surface area contributed by atoms with Crippen LogP contribution in [0, 0.1) is 11.8 Å². The second-order valence-electron chi connectivity index (χ2n) is 6.22. The Labute approximate surface area is 117 Å². The summed E-state index contributed by atoms with van der Waals surface area (Å²) >= 11 is 0. The number of phenols is 1. The summed E-state index contributed by atoms with van der Waals surface area (Å²) in [5, 5.41) is 13.2. The van der Waals surface area contributed by atoms with Crippen molar-refractivity contribution in [1.29, 1.82) is 0 Å². The summed E-state index contributed by atoms with van der Waals surface area (Å²) in [6, 6.07) is 8.67. The minimum Gasteiger partial charge on any atom is -0.508 e. The Morgan fingerprint density at radius 2 is 1.89 bits per heavy atom. The van der Waals surface area contributed by atoms with Crippen molar-refractivity contribution < 1.29 is 5.11 Å². The molecule has 0 radical (unpaired) electrons. The minimum atomic E-state index is 0.346. The zero-order chi connectivity index (χ0) is 13.8. The normalized spacial score (nSPS) is 29.1. The van der Waals surface area contributed by atoms with E-state index >= 15 is 0 Å². The van der Waals surface area contributed by atoms with Crippen molar-refractivity contribution in [2.24, 2.45) is 11.8 Å². The summed E-state index contributed by atoms with van der Waals surface area (Å²) < 4.78 is 0. The van der Waals surface area contributed by atoms with E-state index in [0.29, 0.717) is 17.8 Å². The third-order valence-corrected chi connectivity index (χ3v) is 4.55. The highest BCUT2D eigenvalue weighted by molar-refractivity contribution is 5.28. The van der Waals surface area contributed by atoms with Crippen LogP contribution >= 0.6 is 0 Å². The smallest absolute Gasteiger partial charge is 0.115 e. The van der Waals surface area contributed by atoms with Crippen molar-refractivity contribution in [2.75, 3.05) is 0 Å². The van der Waals surface area contributed by atoms with Crippen LogP contribution in [0.1, 0.15) is 58.1 Å². The van der Waals surface area contributed by atoms with E-state index < -0.39 is 0 Å². The molecule has 1 saturated carbocycles. The SMILES string of the molecule is CCC(NC1CCC(C)CC1C)c1ccc(O)cc1. The lowest BCUT2D eigenvalue weighted by atomic mass is 9.79. The maximum atomic E-state index is 9.38. The van der Waals surface area contributed by atoms with Crippen molar-refractivity contribution >= 4 is 0 Å². The summed E-state index contributed by atoms with van der Waals surface area (Å²) in [4.78, 5) is 0. The number of rotatable bonds is 4. The number of hydrogen-bond donors (Lipinski definition) is 2. The van der Waals surface area contributed by atoms with Crippen LogP contribution in [-0.4, -0.2) is 11.1 Å². The molecule has 2 rings (SSSR count). The molecule has 2 nitrogen and oxygen atoms in total. The molecule has 1 aliphatic rings. The first kappa shape index (κ1) is 14.4. The van der Waals surface area contributed by atoms with Gasteiger partial charge in [-0.05, 0) is 55.2 Å². The van der Waals surface area contributed by atoms with Crippen LogP contribution in [0.15, 0.2) is 24.3 Å². The van der Waals surface area contributed by atoms with Gasteiger partial charge in [0.2, 0.25) is 0 Å². The molecule has 0 saturated heterocycles. The van der Waals surface area contributed by atoms with E-state index in [1.54, 1.807) is 12.1 Å². The van der Waals surface area contributed by atoms with Gasteiger partial charge in [0.1, 0.15) is 5.75 Å². The molecule has 0 aromatic heterocycles. The summed E-state index contributed by atoms with van der Waals surface area (Å²) in [7, 11) is 0. The van der Waals surface area contributed by atoms with Crippen LogP contribution in [0.2, 0.25) is 0 Å². The molecule has 1 aliphatic carbocycles. The number of nitrogens with one attached hydrogen (secondary N) is 1. The highest BCUT2D eigenvalue weighted by atomic mass is 16.3. The van der Waals surface area contributed by atoms with Crippen LogP contribution in [0.5, 0.6) is 5.75 Å². The molecule has 0 amide bonds. The first-order valence-corrected chi connectivity index (χ1v) is 7.65. The molecule has 1 aromatic rings. The van der Waals surface area contributed by atoms with Crippen molar-refractivity contribution in [3.63, 3.8) is 0 Å². The first-order valence-electron chi connectivity index (χ1n) is 7.65. The van der Waals surface area contributed by atoms with Crippen molar-refractivity contribution in [3.8, 4) is 5.75 Å². The molecule has 4 unspecified atom stereocenters. The second-order valence-corrected chi connectivity index (χ2v) is 6.22. The Kier molecular flexibility index (Phi) is 4.87. The Morgan fingerprint density at radius 3 is 2.47 bits per heavy atom. The standard InChI is InChI=1S/C17H27NO/c1-4-16(14-6-8-15(19)9-7-14)18-17-10-5-12(2)11-13(17)3/h6-9,12-13,16-19H,4-5,10-11H2,1-3H3. The zero-order valence-corrected chi connectivity index (χ0v) is 12.4. The molecule has 1 fully saturated rings. The molecule has 0 bridgehead atoms. The second kappa shape index (κ2) is 6.42. The fourth-order valence-electron chi connectivity index (χ4n) is 3.33. The minimum absolute atomic E-state index is 0.346. The maximum absolute atomic E-state index is 9.38.